The molecular formula is C15H11NO2. The number of nitrogens with zero attached hydrogens (tertiary/aromatic N) is 1. The third-order valence-electron chi connectivity index (χ3n) is 3.12. The van der Waals surface area contributed by atoms with Gasteiger partial charge >= 0.3 is 0 Å². The van der Waals surface area contributed by atoms with Gasteiger partial charge in [-0.25, -0.2) is 0 Å². The van der Waals surface area contributed by atoms with Gasteiger partial charge < -0.3 is 9.84 Å². The minimum absolute atomic E-state index is 0.624. The first-order valence-electron chi connectivity index (χ1n) is 5.74. The fourth-order valence-electron chi connectivity index (χ4n) is 2.28. The predicted octanol–water partition coefficient (Wildman–Crippen LogP) is 2.67. The summed E-state index contributed by atoms with van der Waals surface area (Å²) in [4.78, 5) is 0. The molecule has 0 spiro atoms. The normalized spacial score (nSPS) is 17.9. The molecule has 2 aromatic carbocycles. The Morgan fingerprint density at radius 2 is 1.72 bits per heavy atom. The van der Waals surface area contributed by atoms with Gasteiger partial charge in [-0.15, -0.1) is 0 Å². The Kier molecular flexibility index (Phi) is 2.51. The van der Waals surface area contributed by atoms with Gasteiger partial charge in [0.25, 0.3) is 0 Å². The highest BCUT2D eigenvalue weighted by Gasteiger charge is 2.30. The van der Waals surface area contributed by atoms with Gasteiger partial charge in [-0.3, -0.25) is 0 Å². The van der Waals surface area contributed by atoms with Crippen LogP contribution in [0.5, 0.6) is 5.75 Å². The fourth-order valence-corrected chi connectivity index (χ4v) is 2.28. The third kappa shape index (κ3) is 1.55. The predicted molar refractivity (Wildman–Crippen MR) is 66.9 cm³/mol. The summed E-state index contributed by atoms with van der Waals surface area (Å²) in [7, 11) is 0. The van der Waals surface area contributed by atoms with E-state index in [1.807, 2.05) is 54.6 Å². The smallest absolute Gasteiger partial charge is 0.181 e. The second-order valence-electron chi connectivity index (χ2n) is 4.20. The SMILES string of the molecule is N#CC(O)C1Oc2ccccc2-c2ccccc21. The average molecular weight is 237 g/mol. The Labute approximate surface area is 105 Å². The zero-order chi connectivity index (χ0) is 12.5. The lowest BCUT2D eigenvalue weighted by atomic mass is 9.91. The summed E-state index contributed by atoms with van der Waals surface area (Å²) in [5.74, 6) is 0.704. The van der Waals surface area contributed by atoms with E-state index >= 15 is 0 Å². The second-order valence-corrected chi connectivity index (χ2v) is 4.20. The van der Waals surface area contributed by atoms with Crippen molar-refractivity contribution in [1.29, 1.82) is 5.26 Å². The van der Waals surface area contributed by atoms with E-state index in [-0.39, 0.29) is 0 Å². The van der Waals surface area contributed by atoms with E-state index < -0.39 is 12.2 Å². The van der Waals surface area contributed by atoms with Crippen molar-refractivity contribution < 1.29 is 9.84 Å². The Balaban J connectivity index is 2.20. The molecule has 0 aliphatic carbocycles. The third-order valence-corrected chi connectivity index (χ3v) is 3.12. The van der Waals surface area contributed by atoms with Crippen LogP contribution < -0.4 is 4.74 Å². The first kappa shape index (κ1) is 10.8. The molecular weight excluding hydrogens is 226 g/mol. The lowest BCUT2D eigenvalue weighted by Crippen LogP contribution is -2.25. The van der Waals surface area contributed by atoms with E-state index in [0.717, 1.165) is 16.7 Å². The summed E-state index contributed by atoms with van der Waals surface area (Å²) >= 11 is 0. The zero-order valence-corrected chi connectivity index (χ0v) is 9.58. The highest BCUT2D eigenvalue weighted by molar-refractivity contribution is 5.75. The number of aliphatic hydroxyl groups excluding tert-OH is 1. The number of nitriles is 1. The van der Waals surface area contributed by atoms with Crippen LogP contribution in [-0.4, -0.2) is 11.2 Å². The van der Waals surface area contributed by atoms with Crippen molar-refractivity contribution in [3.63, 3.8) is 0 Å². The molecule has 0 saturated heterocycles. The zero-order valence-electron chi connectivity index (χ0n) is 9.58. The number of rotatable bonds is 1. The summed E-state index contributed by atoms with van der Waals surface area (Å²) in [5, 5.41) is 18.6. The van der Waals surface area contributed by atoms with Crippen molar-refractivity contribution in [1.82, 2.24) is 0 Å². The van der Waals surface area contributed by atoms with Crippen LogP contribution in [0.2, 0.25) is 0 Å². The molecule has 1 N–H and O–H groups in total. The van der Waals surface area contributed by atoms with Crippen molar-refractivity contribution in [2.45, 2.75) is 12.2 Å². The van der Waals surface area contributed by atoms with E-state index in [9.17, 15) is 5.11 Å². The minimum atomic E-state index is -1.17. The lowest BCUT2D eigenvalue weighted by molar-refractivity contribution is 0.0697. The highest BCUT2D eigenvalue weighted by atomic mass is 16.5. The number of fused-ring (bicyclic) bond motifs is 3. The van der Waals surface area contributed by atoms with Gasteiger partial charge in [-0.05, 0) is 11.6 Å². The molecule has 18 heavy (non-hydrogen) atoms. The monoisotopic (exact) mass is 237 g/mol. The molecule has 2 aromatic rings. The maximum Gasteiger partial charge on any atom is 0.181 e. The van der Waals surface area contributed by atoms with E-state index in [1.54, 1.807) is 0 Å². The molecule has 0 bridgehead atoms. The summed E-state index contributed by atoms with van der Waals surface area (Å²) < 4.78 is 5.74. The van der Waals surface area contributed by atoms with Crippen LogP contribution in [0, 0.1) is 11.3 Å². The molecule has 0 fully saturated rings. The molecule has 88 valence electrons. The van der Waals surface area contributed by atoms with Gasteiger partial charge in [0, 0.05) is 11.1 Å². The van der Waals surface area contributed by atoms with Crippen LogP contribution in [0.25, 0.3) is 11.1 Å². The maximum atomic E-state index is 9.77. The molecule has 3 heteroatoms. The fraction of sp³-hybridized carbons (Fsp3) is 0.133. The Bertz CT molecular complexity index is 630. The van der Waals surface area contributed by atoms with Crippen LogP contribution >= 0.6 is 0 Å². The van der Waals surface area contributed by atoms with Crippen molar-refractivity contribution in [3.05, 3.63) is 54.1 Å². The molecule has 3 nitrogen and oxygen atoms in total. The van der Waals surface area contributed by atoms with Crippen molar-refractivity contribution in [2.75, 3.05) is 0 Å². The summed E-state index contributed by atoms with van der Waals surface area (Å²) in [5.41, 5.74) is 2.86. The highest BCUT2D eigenvalue weighted by Crippen LogP contribution is 2.42. The van der Waals surface area contributed by atoms with Crippen LogP contribution in [0.4, 0.5) is 0 Å². The second kappa shape index (κ2) is 4.17. The number of para-hydroxylation sites is 1. The molecule has 2 unspecified atom stereocenters. The molecule has 0 radical (unpaired) electrons. The van der Waals surface area contributed by atoms with Gasteiger partial charge in [0.15, 0.2) is 12.2 Å². The molecule has 0 saturated carbocycles. The van der Waals surface area contributed by atoms with Gasteiger partial charge in [0.2, 0.25) is 0 Å². The number of aliphatic hydroxyl groups is 1. The maximum absolute atomic E-state index is 9.77. The van der Waals surface area contributed by atoms with Crippen LogP contribution in [0.1, 0.15) is 11.7 Å². The Morgan fingerprint density at radius 3 is 2.50 bits per heavy atom. The van der Waals surface area contributed by atoms with Gasteiger partial charge in [0.1, 0.15) is 5.75 Å². The molecule has 0 aromatic heterocycles. The molecule has 0 amide bonds. The molecule has 1 heterocycles. The van der Waals surface area contributed by atoms with E-state index in [2.05, 4.69) is 0 Å². The first-order valence-corrected chi connectivity index (χ1v) is 5.74. The van der Waals surface area contributed by atoms with Crippen molar-refractivity contribution in [3.8, 4) is 22.9 Å². The van der Waals surface area contributed by atoms with Gasteiger partial charge in [0.05, 0.1) is 6.07 Å². The largest absolute Gasteiger partial charge is 0.481 e. The van der Waals surface area contributed by atoms with Crippen LogP contribution in [0.3, 0.4) is 0 Å². The standard InChI is InChI=1S/C15H11NO2/c16-9-13(17)15-12-7-2-1-5-10(12)11-6-3-4-8-14(11)18-15/h1-8,13,15,17H. The molecule has 1 aliphatic rings. The van der Waals surface area contributed by atoms with E-state index in [0.29, 0.717) is 5.75 Å². The average Bonchev–Trinajstić information content (AvgIpc) is 2.45. The van der Waals surface area contributed by atoms with E-state index in [1.165, 1.54) is 0 Å². The lowest BCUT2D eigenvalue weighted by Gasteiger charge is -2.29. The number of benzene rings is 2. The van der Waals surface area contributed by atoms with Crippen LogP contribution in [0.15, 0.2) is 48.5 Å². The van der Waals surface area contributed by atoms with Crippen molar-refractivity contribution in [2.24, 2.45) is 0 Å². The van der Waals surface area contributed by atoms with Crippen LogP contribution in [-0.2, 0) is 0 Å². The number of hydrogen-bond acceptors (Lipinski definition) is 3. The quantitative estimate of drug-likeness (QED) is 0.776. The first-order chi connectivity index (χ1) is 8.81. The molecule has 3 rings (SSSR count). The molecule has 2 atom stereocenters. The minimum Gasteiger partial charge on any atom is -0.481 e. The summed E-state index contributed by atoms with van der Waals surface area (Å²) in [6.07, 6.45) is -1.79. The van der Waals surface area contributed by atoms with Gasteiger partial charge in [-0.2, -0.15) is 5.26 Å². The molecule has 1 aliphatic heterocycles. The Hall–Kier alpha value is -2.31. The number of ether oxygens (including phenoxy) is 1. The Morgan fingerprint density at radius 1 is 1.06 bits per heavy atom. The summed E-state index contributed by atoms with van der Waals surface area (Å²) in [6.45, 7) is 0. The summed E-state index contributed by atoms with van der Waals surface area (Å²) in [6, 6.07) is 17.2. The number of hydrogen-bond donors (Lipinski definition) is 1. The van der Waals surface area contributed by atoms with Gasteiger partial charge in [-0.1, -0.05) is 42.5 Å². The topological polar surface area (TPSA) is 53.2 Å². The van der Waals surface area contributed by atoms with Crippen molar-refractivity contribution >= 4 is 0 Å². The van der Waals surface area contributed by atoms with E-state index in [4.69, 9.17) is 10.00 Å².